The molecule has 1 unspecified atom stereocenters. The quantitative estimate of drug-likeness (QED) is 0.814. The lowest BCUT2D eigenvalue weighted by Crippen LogP contribution is -2.12. The first-order valence-corrected chi connectivity index (χ1v) is 8.07. The summed E-state index contributed by atoms with van der Waals surface area (Å²) in [5.74, 6) is 3.89. The monoisotopic (exact) mass is 291 g/mol. The number of aromatic nitrogens is 2. The van der Waals surface area contributed by atoms with Gasteiger partial charge in [-0.2, -0.15) is 17.0 Å². The Kier molecular flexibility index (Phi) is 3.67. The largest absolute Gasteiger partial charge is 0.324 e. The number of nitriles is 1. The highest BCUT2D eigenvalue weighted by Gasteiger charge is 2.23. The van der Waals surface area contributed by atoms with Gasteiger partial charge in [-0.15, -0.1) is 11.6 Å². The SMILES string of the molecule is N#Cc1cccc2c1nc(CCCl)n2C1CCSC1. The first kappa shape index (κ1) is 12.8. The summed E-state index contributed by atoms with van der Waals surface area (Å²) in [6.45, 7) is 0. The smallest absolute Gasteiger partial charge is 0.111 e. The van der Waals surface area contributed by atoms with Crippen molar-refractivity contribution >= 4 is 34.4 Å². The third-order valence-corrected chi connectivity index (χ3v) is 4.84. The predicted octanol–water partition coefficient (Wildman–Crippen LogP) is 3.37. The van der Waals surface area contributed by atoms with E-state index in [2.05, 4.69) is 21.7 Å². The summed E-state index contributed by atoms with van der Waals surface area (Å²) in [4.78, 5) is 4.66. The Morgan fingerprint density at radius 3 is 3.11 bits per heavy atom. The van der Waals surface area contributed by atoms with E-state index < -0.39 is 0 Å². The van der Waals surface area contributed by atoms with E-state index >= 15 is 0 Å². The fourth-order valence-electron chi connectivity index (χ4n) is 2.65. The molecule has 0 saturated carbocycles. The average Bonchev–Trinajstić information content (AvgIpc) is 3.04. The summed E-state index contributed by atoms with van der Waals surface area (Å²) >= 11 is 7.87. The number of hydrogen-bond acceptors (Lipinski definition) is 3. The summed E-state index contributed by atoms with van der Waals surface area (Å²) in [5.41, 5.74) is 2.55. The van der Waals surface area contributed by atoms with Crippen LogP contribution in [0.5, 0.6) is 0 Å². The van der Waals surface area contributed by atoms with Gasteiger partial charge in [-0.3, -0.25) is 0 Å². The topological polar surface area (TPSA) is 41.6 Å². The first-order chi connectivity index (χ1) is 9.35. The van der Waals surface area contributed by atoms with E-state index in [0.717, 1.165) is 29.0 Å². The highest BCUT2D eigenvalue weighted by Crippen LogP contribution is 2.33. The van der Waals surface area contributed by atoms with E-state index in [-0.39, 0.29) is 0 Å². The van der Waals surface area contributed by atoms with E-state index in [4.69, 9.17) is 11.6 Å². The molecule has 1 fully saturated rings. The summed E-state index contributed by atoms with van der Waals surface area (Å²) in [7, 11) is 0. The molecule has 0 N–H and O–H groups in total. The van der Waals surface area contributed by atoms with Crippen molar-refractivity contribution in [2.24, 2.45) is 0 Å². The van der Waals surface area contributed by atoms with Crippen LogP contribution in [-0.2, 0) is 6.42 Å². The van der Waals surface area contributed by atoms with Crippen LogP contribution in [0.15, 0.2) is 18.2 Å². The molecule has 2 aromatic rings. The summed E-state index contributed by atoms with van der Waals surface area (Å²) in [5, 5.41) is 9.20. The predicted molar refractivity (Wildman–Crippen MR) is 79.9 cm³/mol. The van der Waals surface area contributed by atoms with E-state index in [1.165, 1.54) is 12.2 Å². The van der Waals surface area contributed by atoms with Gasteiger partial charge in [0, 0.05) is 24.1 Å². The molecule has 0 radical (unpaired) electrons. The zero-order chi connectivity index (χ0) is 13.2. The third kappa shape index (κ3) is 2.22. The highest BCUT2D eigenvalue weighted by atomic mass is 35.5. The van der Waals surface area contributed by atoms with E-state index in [1.807, 2.05) is 23.9 Å². The van der Waals surface area contributed by atoms with Crippen molar-refractivity contribution in [2.75, 3.05) is 17.4 Å². The number of rotatable bonds is 3. The van der Waals surface area contributed by atoms with Crippen molar-refractivity contribution in [3.63, 3.8) is 0 Å². The molecule has 1 aliphatic rings. The summed E-state index contributed by atoms with van der Waals surface area (Å²) in [6, 6.07) is 8.54. The van der Waals surface area contributed by atoms with Gasteiger partial charge in [-0.05, 0) is 24.3 Å². The molecule has 0 bridgehead atoms. The minimum absolute atomic E-state index is 0.488. The van der Waals surface area contributed by atoms with Gasteiger partial charge < -0.3 is 4.57 Å². The lowest BCUT2D eigenvalue weighted by molar-refractivity contribution is 0.552. The molecule has 0 aliphatic carbocycles. The number of thioether (sulfide) groups is 1. The number of para-hydroxylation sites is 1. The van der Waals surface area contributed by atoms with Gasteiger partial charge in [0.1, 0.15) is 17.4 Å². The number of imidazole rings is 1. The number of halogens is 1. The van der Waals surface area contributed by atoms with Crippen molar-refractivity contribution in [2.45, 2.75) is 18.9 Å². The van der Waals surface area contributed by atoms with Crippen LogP contribution in [0, 0.1) is 11.3 Å². The molecular weight excluding hydrogens is 278 g/mol. The summed E-state index contributed by atoms with van der Waals surface area (Å²) in [6.07, 6.45) is 1.92. The minimum Gasteiger partial charge on any atom is -0.324 e. The maximum absolute atomic E-state index is 9.20. The Morgan fingerprint density at radius 2 is 2.42 bits per heavy atom. The van der Waals surface area contributed by atoms with Crippen LogP contribution in [-0.4, -0.2) is 26.9 Å². The second-order valence-corrected chi connectivity index (χ2v) is 6.17. The second kappa shape index (κ2) is 5.44. The van der Waals surface area contributed by atoms with Gasteiger partial charge in [-0.25, -0.2) is 4.98 Å². The van der Waals surface area contributed by atoms with Crippen LogP contribution < -0.4 is 0 Å². The number of hydrogen-bond donors (Lipinski definition) is 0. The Morgan fingerprint density at radius 1 is 1.53 bits per heavy atom. The molecule has 0 amide bonds. The van der Waals surface area contributed by atoms with Gasteiger partial charge >= 0.3 is 0 Å². The van der Waals surface area contributed by atoms with Gasteiger partial charge in [0.2, 0.25) is 0 Å². The number of benzene rings is 1. The zero-order valence-corrected chi connectivity index (χ0v) is 12.0. The van der Waals surface area contributed by atoms with Crippen molar-refractivity contribution in [3.05, 3.63) is 29.6 Å². The first-order valence-electron chi connectivity index (χ1n) is 6.38. The highest BCUT2D eigenvalue weighted by molar-refractivity contribution is 7.99. The van der Waals surface area contributed by atoms with Crippen LogP contribution >= 0.6 is 23.4 Å². The van der Waals surface area contributed by atoms with Crippen molar-refractivity contribution in [3.8, 4) is 6.07 Å². The van der Waals surface area contributed by atoms with Crippen LogP contribution in [0.1, 0.15) is 23.9 Å². The molecular formula is C14H14ClN3S. The molecule has 5 heteroatoms. The maximum Gasteiger partial charge on any atom is 0.111 e. The van der Waals surface area contributed by atoms with Crippen LogP contribution in [0.2, 0.25) is 0 Å². The van der Waals surface area contributed by atoms with Crippen LogP contribution in [0.3, 0.4) is 0 Å². The van der Waals surface area contributed by atoms with E-state index in [0.29, 0.717) is 17.5 Å². The fourth-order valence-corrected chi connectivity index (χ4v) is 4.01. The molecule has 1 saturated heterocycles. The Hall–Kier alpha value is -1.18. The molecule has 1 aromatic heterocycles. The van der Waals surface area contributed by atoms with Gasteiger partial charge in [0.05, 0.1) is 11.1 Å². The Bertz CT molecular complexity index is 638. The molecule has 2 heterocycles. The average molecular weight is 292 g/mol. The third-order valence-electron chi connectivity index (χ3n) is 3.50. The lowest BCUT2D eigenvalue weighted by atomic mass is 10.2. The minimum atomic E-state index is 0.488. The normalized spacial score (nSPS) is 18.8. The van der Waals surface area contributed by atoms with Gasteiger partial charge in [-0.1, -0.05) is 6.07 Å². The molecule has 98 valence electrons. The molecule has 19 heavy (non-hydrogen) atoms. The Labute approximate surface area is 121 Å². The van der Waals surface area contributed by atoms with Crippen LogP contribution in [0.4, 0.5) is 0 Å². The van der Waals surface area contributed by atoms with E-state index in [1.54, 1.807) is 0 Å². The summed E-state index contributed by atoms with van der Waals surface area (Å²) < 4.78 is 2.30. The van der Waals surface area contributed by atoms with Crippen LogP contribution in [0.25, 0.3) is 11.0 Å². The number of aryl methyl sites for hydroxylation is 1. The molecule has 3 rings (SSSR count). The van der Waals surface area contributed by atoms with Crippen molar-refractivity contribution < 1.29 is 0 Å². The molecule has 1 aromatic carbocycles. The lowest BCUT2D eigenvalue weighted by Gasteiger charge is -2.15. The fraction of sp³-hybridized carbons (Fsp3) is 0.429. The molecule has 1 atom stereocenters. The second-order valence-electron chi connectivity index (χ2n) is 4.64. The Balaban J connectivity index is 2.21. The number of nitrogens with zero attached hydrogens (tertiary/aromatic N) is 3. The molecule has 3 nitrogen and oxygen atoms in total. The maximum atomic E-state index is 9.20. The molecule has 1 aliphatic heterocycles. The molecule has 0 spiro atoms. The zero-order valence-electron chi connectivity index (χ0n) is 10.5. The number of alkyl halides is 1. The number of fused-ring (bicyclic) bond motifs is 1. The van der Waals surface area contributed by atoms with Crippen molar-refractivity contribution in [1.29, 1.82) is 5.26 Å². The van der Waals surface area contributed by atoms with Gasteiger partial charge in [0.25, 0.3) is 0 Å². The van der Waals surface area contributed by atoms with E-state index in [9.17, 15) is 5.26 Å². The van der Waals surface area contributed by atoms with Gasteiger partial charge in [0.15, 0.2) is 0 Å². The standard InChI is InChI=1S/C14H14ClN3S/c15-6-4-13-17-14-10(8-16)2-1-3-12(14)18(13)11-5-7-19-9-11/h1-3,11H,4-7,9H2. The van der Waals surface area contributed by atoms with Crippen molar-refractivity contribution in [1.82, 2.24) is 9.55 Å².